The highest BCUT2D eigenvalue weighted by molar-refractivity contribution is 6.22. The lowest BCUT2D eigenvalue weighted by Gasteiger charge is -2.54. The quantitative estimate of drug-likeness (QED) is 0.180. The molecule has 5 atom stereocenters. The number of para-hydroxylation sites is 1. The van der Waals surface area contributed by atoms with Crippen LogP contribution in [0.2, 0.25) is 0 Å². The predicted molar refractivity (Wildman–Crippen MR) is 242 cm³/mol. The Kier molecular flexibility index (Phi) is 6.95. The lowest BCUT2D eigenvalue weighted by molar-refractivity contribution is 0.0426. The van der Waals surface area contributed by atoms with Gasteiger partial charge >= 0.3 is 0 Å². The number of nitrogens with zero attached hydrogens (tertiary/aromatic N) is 3. The van der Waals surface area contributed by atoms with E-state index < -0.39 is 0 Å². The van der Waals surface area contributed by atoms with Gasteiger partial charge in [-0.2, -0.15) is 0 Å². The van der Waals surface area contributed by atoms with E-state index in [0.29, 0.717) is 23.4 Å². The fourth-order valence-electron chi connectivity index (χ4n) is 12.6. The van der Waals surface area contributed by atoms with Crippen molar-refractivity contribution in [3.05, 3.63) is 163 Å². The van der Waals surface area contributed by atoms with Crippen LogP contribution in [0, 0.1) is 23.7 Å². The summed E-state index contributed by atoms with van der Waals surface area (Å²) in [6.45, 7) is 5.05. The van der Waals surface area contributed by atoms with Gasteiger partial charge in [-0.3, -0.25) is 4.57 Å². The summed E-state index contributed by atoms with van der Waals surface area (Å²) in [5.74, 6) is 3.59. The van der Waals surface area contributed by atoms with Crippen LogP contribution in [0.3, 0.4) is 0 Å². The van der Waals surface area contributed by atoms with Gasteiger partial charge in [0.2, 0.25) is 5.95 Å². The molecule has 2 saturated carbocycles. The summed E-state index contributed by atoms with van der Waals surface area (Å²) in [4.78, 5) is 10.7. The molecular formula is C55H43N3O. The first-order valence-electron chi connectivity index (χ1n) is 21.5. The van der Waals surface area contributed by atoms with Crippen LogP contribution in [0.5, 0.6) is 0 Å². The minimum atomic E-state index is 0.0892. The molecule has 284 valence electrons. The third-order valence-corrected chi connectivity index (χ3v) is 14.7. The molecule has 2 fully saturated rings. The smallest absolute Gasteiger partial charge is 0.236 e. The molecule has 0 saturated heterocycles. The Morgan fingerprint density at radius 1 is 0.576 bits per heavy atom. The zero-order valence-electron chi connectivity index (χ0n) is 33.3. The van der Waals surface area contributed by atoms with Crippen molar-refractivity contribution in [3.8, 4) is 39.5 Å². The van der Waals surface area contributed by atoms with Crippen LogP contribution in [0.4, 0.5) is 0 Å². The molecule has 4 heteroatoms. The maximum Gasteiger partial charge on any atom is 0.236 e. The lowest BCUT2D eigenvalue weighted by Crippen LogP contribution is -2.49. The van der Waals surface area contributed by atoms with Gasteiger partial charge in [-0.1, -0.05) is 129 Å². The van der Waals surface area contributed by atoms with E-state index >= 15 is 0 Å². The first-order valence-corrected chi connectivity index (χ1v) is 21.5. The molecule has 59 heavy (non-hydrogen) atoms. The molecule has 3 aliphatic rings. The Balaban J connectivity index is 1.04. The van der Waals surface area contributed by atoms with Crippen LogP contribution in [-0.4, -0.2) is 14.5 Å². The number of hydrogen-bond donors (Lipinski definition) is 0. The average molecular weight is 762 g/mol. The van der Waals surface area contributed by atoms with Crippen LogP contribution in [0.25, 0.3) is 94.1 Å². The molecule has 0 N–H and O–H groups in total. The summed E-state index contributed by atoms with van der Waals surface area (Å²) in [5.41, 5.74) is 14.8. The Morgan fingerprint density at radius 2 is 1.32 bits per heavy atom. The van der Waals surface area contributed by atoms with Gasteiger partial charge in [-0.15, -0.1) is 0 Å². The minimum absolute atomic E-state index is 0.0892. The first kappa shape index (κ1) is 33.5. The van der Waals surface area contributed by atoms with Gasteiger partial charge < -0.3 is 4.42 Å². The number of aromatic nitrogens is 3. The van der Waals surface area contributed by atoms with Crippen molar-refractivity contribution in [3.63, 3.8) is 0 Å². The summed E-state index contributed by atoms with van der Waals surface area (Å²) in [5, 5.41) is 5.82. The van der Waals surface area contributed by atoms with Crippen molar-refractivity contribution < 1.29 is 4.42 Å². The molecule has 3 aliphatic carbocycles. The zero-order chi connectivity index (χ0) is 39.0. The topological polar surface area (TPSA) is 43.9 Å². The monoisotopic (exact) mass is 761 g/mol. The van der Waals surface area contributed by atoms with Crippen molar-refractivity contribution in [1.82, 2.24) is 14.5 Å². The molecule has 10 aromatic rings. The van der Waals surface area contributed by atoms with Gasteiger partial charge in [0.05, 0.1) is 11.0 Å². The molecule has 0 radical (unpaired) electrons. The molecule has 0 amide bonds. The molecule has 0 aliphatic heterocycles. The first-order chi connectivity index (χ1) is 29.0. The Hall–Kier alpha value is -6.52. The molecule has 5 unspecified atom stereocenters. The number of furan rings is 1. The Bertz CT molecular complexity index is 3350. The van der Waals surface area contributed by atoms with Gasteiger partial charge in [0.25, 0.3) is 0 Å². The van der Waals surface area contributed by atoms with E-state index in [9.17, 15) is 0 Å². The summed E-state index contributed by atoms with van der Waals surface area (Å²) in [6.07, 6.45) is 5.41. The SMILES string of the molecule is CC1CC2CC(C)C3(c4ccccc4-c4cc(-c5ccc6c(c5)c5c7ccccc7ccc5n6-c5nc(-c6ccccc6)c6oc7ccccc7c6n5)ccc43)C(C1)C2. The van der Waals surface area contributed by atoms with Crippen LogP contribution < -0.4 is 0 Å². The average Bonchev–Trinajstić information content (AvgIpc) is 3.92. The second-order valence-electron chi connectivity index (χ2n) is 17.9. The van der Waals surface area contributed by atoms with E-state index in [1.165, 1.54) is 69.5 Å². The van der Waals surface area contributed by atoms with E-state index in [4.69, 9.17) is 14.4 Å². The molecule has 1 spiro atoms. The van der Waals surface area contributed by atoms with Crippen molar-refractivity contribution >= 4 is 54.6 Å². The number of hydrogen-bond acceptors (Lipinski definition) is 3. The molecule has 13 rings (SSSR count). The molecule has 2 bridgehead atoms. The van der Waals surface area contributed by atoms with Crippen LogP contribution in [0.1, 0.15) is 50.7 Å². The Labute approximate surface area is 343 Å². The van der Waals surface area contributed by atoms with E-state index in [0.717, 1.165) is 50.6 Å². The molecule has 3 aromatic heterocycles. The lowest BCUT2D eigenvalue weighted by atomic mass is 9.49. The third kappa shape index (κ3) is 4.60. The van der Waals surface area contributed by atoms with E-state index in [2.05, 4.69) is 146 Å². The number of fused-ring (bicyclic) bond motifs is 16. The molecule has 4 nitrogen and oxygen atoms in total. The third-order valence-electron chi connectivity index (χ3n) is 14.7. The van der Waals surface area contributed by atoms with Gasteiger partial charge in [0.15, 0.2) is 5.58 Å². The second kappa shape index (κ2) is 12.3. The zero-order valence-corrected chi connectivity index (χ0v) is 33.3. The van der Waals surface area contributed by atoms with Gasteiger partial charge in [-0.25, -0.2) is 9.97 Å². The summed E-state index contributed by atoms with van der Waals surface area (Å²) < 4.78 is 8.76. The van der Waals surface area contributed by atoms with Gasteiger partial charge in [0, 0.05) is 27.1 Å². The van der Waals surface area contributed by atoms with Gasteiger partial charge in [0.1, 0.15) is 16.8 Å². The normalized spacial score (nSPS) is 22.2. The van der Waals surface area contributed by atoms with Crippen molar-refractivity contribution in [2.75, 3.05) is 0 Å². The minimum Gasteiger partial charge on any atom is -0.452 e. The molecular weight excluding hydrogens is 719 g/mol. The largest absolute Gasteiger partial charge is 0.452 e. The van der Waals surface area contributed by atoms with Gasteiger partial charge in [-0.05, 0) is 130 Å². The van der Waals surface area contributed by atoms with Crippen molar-refractivity contribution in [2.24, 2.45) is 23.7 Å². The van der Waals surface area contributed by atoms with Crippen molar-refractivity contribution in [1.29, 1.82) is 0 Å². The van der Waals surface area contributed by atoms with E-state index in [-0.39, 0.29) is 5.41 Å². The highest BCUT2D eigenvalue weighted by Crippen LogP contribution is 2.64. The molecule has 3 heterocycles. The fourth-order valence-corrected chi connectivity index (χ4v) is 12.6. The van der Waals surface area contributed by atoms with E-state index in [1.54, 1.807) is 11.1 Å². The maximum absolute atomic E-state index is 6.49. The Morgan fingerprint density at radius 3 is 2.24 bits per heavy atom. The summed E-state index contributed by atoms with van der Waals surface area (Å²) in [6, 6.07) is 55.6. The fraction of sp³-hybridized carbons (Fsp3) is 0.200. The van der Waals surface area contributed by atoms with E-state index in [1.807, 2.05) is 24.3 Å². The number of benzene rings is 7. The second-order valence-corrected chi connectivity index (χ2v) is 17.9. The standard InChI is InChI=1S/C55H43N3O/c1-32-26-34-28-33(2)55(39(27-32)29-34)45-18-10-8-16-41(45)43-30-37(20-23-46(43)55)38-22-24-47-44(31-38)50-40-15-7-6-12-35(40)21-25-48(50)58(47)54-56-51(36-13-4-3-5-14-36)53-52(57-54)42-17-9-11-19-49(42)59-53/h3-25,30-34,39H,26-29H2,1-2H3. The van der Waals surface area contributed by atoms with Crippen LogP contribution in [0.15, 0.2) is 156 Å². The van der Waals surface area contributed by atoms with Crippen LogP contribution >= 0.6 is 0 Å². The molecule has 7 aromatic carbocycles. The summed E-state index contributed by atoms with van der Waals surface area (Å²) in [7, 11) is 0. The van der Waals surface area contributed by atoms with Crippen molar-refractivity contribution in [2.45, 2.75) is 44.9 Å². The highest BCUT2D eigenvalue weighted by Gasteiger charge is 2.56. The highest BCUT2D eigenvalue weighted by atomic mass is 16.3. The number of rotatable bonds is 3. The predicted octanol–water partition coefficient (Wildman–Crippen LogP) is 14.3. The maximum atomic E-state index is 6.49. The summed E-state index contributed by atoms with van der Waals surface area (Å²) >= 11 is 0. The van der Waals surface area contributed by atoms with Crippen LogP contribution in [-0.2, 0) is 5.41 Å².